The molecule has 5 aromatic carbocycles. The Morgan fingerprint density at radius 3 is 2.47 bits per heavy atom. The van der Waals surface area contributed by atoms with Gasteiger partial charge in [-0.2, -0.15) is 0 Å². The molecule has 0 aromatic heterocycles. The summed E-state index contributed by atoms with van der Waals surface area (Å²) in [5.74, 6) is -0.828. The number of rotatable bonds is 10. The van der Waals surface area contributed by atoms with E-state index >= 15 is 0 Å². The Labute approximate surface area is 273 Å². The normalized spacial score (nSPS) is 12.7. The predicted octanol–water partition coefficient (Wildman–Crippen LogP) is 6.19. The van der Waals surface area contributed by atoms with E-state index in [1.807, 2.05) is 54.6 Å². The van der Waals surface area contributed by atoms with E-state index in [1.165, 1.54) is 6.07 Å². The van der Waals surface area contributed by atoms with Gasteiger partial charge in [-0.1, -0.05) is 72.8 Å². The molecule has 238 valence electrons. The van der Waals surface area contributed by atoms with Crippen LogP contribution in [0.25, 0.3) is 10.8 Å². The van der Waals surface area contributed by atoms with Crippen LogP contribution >= 0.6 is 0 Å². The molecule has 1 heterocycles. The lowest BCUT2D eigenvalue weighted by atomic mass is 9.97. The van der Waals surface area contributed by atoms with Crippen LogP contribution in [-0.2, 0) is 39.0 Å². The Kier molecular flexibility index (Phi) is 9.03. The number of nitrogens with zero attached hydrogens (tertiary/aromatic N) is 1. The fraction of sp³-hybridized carbons (Fsp3) is 0.162. The van der Waals surface area contributed by atoms with Crippen molar-refractivity contribution in [1.29, 1.82) is 5.41 Å². The van der Waals surface area contributed by atoms with Gasteiger partial charge < -0.3 is 15.4 Å². The van der Waals surface area contributed by atoms with E-state index in [9.17, 15) is 18.0 Å². The van der Waals surface area contributed by atoms with E-state index in [0.29, 0.717) is 41.6 Å². The first-order valence-electron chi connectivity index (χ1n) is 15.3. The van der Waals surface area contributed by atoms with Gasteiger partial charge in [0.2, 0.25) is 5.91 Å². The third-order valence-corrected chi connectivity index (χ3v) is 9.69. The van der Waals surface area contributed by atoms with Crippen LogP contribution in [0.2, 0.25) is 0 Å². The molecule has 0 atom stereocenters. The molecule has 0 saturated heterocycles. The zero-order chi connectivity index (χ0) is 33.0. The fourth-order valence-corrected chi connectivity index (χ4v) is 7.20. The van der Waals surface area contributed by atoms with E-state index in [0.717, 1.165) is 28.6 Å². The summed E-state index contributed by atoms with van der Waals surface area (Å²) >= 11 is 0. The van der Waals surface area contributed by atoms with Gasteiger partial charge in [-0.05, 0) is 77.7 Å². The number of hydrogen-bond donors (Lipinski definition) is 3. The first-order chi connectivity index (χ1) is 22.7. The molecule has 0 bridgehead atoms. The third-order valence-electron chi connectivity index (χ3n) is 8.25. The SMILES string of the molecule is N=C(N)c1cc(C(=O)OCc2ccccc2)ccc1CCC(=O)N1CCCc2cc(NS(=O)(=O)c3cccc4ccccc34)ccc21. The lowest BCUT2D eigenvalue weighted by molar-refractivity contribution is -0.118. The maximum Gasteiger partial charge on any atom is 0.338 e. The van der Waals surface area contributed by atoms with Gasteiger partial charge in [-0.3, -0.25) is 14.9 Å². The Hall–Kier alpha value is -5.48. The highest BCUT2D eigenvalue weighted by atomic mass is 32.2. The molecule has 5 aromatic rings. The molecule has 0 fully saturated rings. The molecular weight excluding hydrogens is 612 g/mol. The number of carbonyl (C=O) groups is 2. The second-order valence-electron chi connectivity index (χ2n) is 11.4. The molecule has 0 unspecified atom stereocenters. The van der Waals surface area contributed by atoms with Gasteiger partial charge in [0, 0.05) is 35.3 Å². The largest absolute Gasteiger partial charge is 0.457 e. The zero-order valence-corrected chi connectivity index (χ0v) is 26.4. The fourth-order valence-electron chi connectivity index (χ4n) is 5.91. The number of nitrogens with two attached hydrogens (primary N) is 1. The maximum absolute atomic E-state index is 13.5. The second kappa shape index (κ2) is 13.5. The van der Waals surface area contributed by atoms with Crippen LogP contribution < -0.4 is 15.4 Å². The minimum Gasteiger partial charge on any atom is -0.457 e. The molecule has 0 radical (unpaired) electrons. The molecule has 4 N–H and O–H groups in total. The highest BCUT2D eigenvalue weighted by Crippen LogP contribution is 2.32. The van der Waals surface area contributed by atoms with Crippen molar-refractivity contribution in [2.24, 2.45) is 5.73 Å². The molecule has 47 heavy (non-hydrogen) atoms. The number of hydrogen-bond acceptors (Lipinski definition) is 6. The average Bonchev–Trinajstić information content (AvgIpc) is 3.09. The number of nitrogens with one attached hydrogen (secondary N) is 2. The molecule has 1 aliphatic heterocycles. The topological polar surface area (TPSA) is 143 Å². The van der Waals surface area contributed by atoms with Gasteiger partial charge in [0.05, 0.1) is 10.5 Å². The van der Waals surface area contributed by atoms with Crippen molar-refractivity contribution < 1.29 is 22.7 Å². The van der Waals surface area contributed by atoms with Crippen LogP contribution in [-0.4, -0.2) is 32.7 Å². The van der Waals surface area contributed by atoms with Crippen molar-refractivity contribution in [3.05, 3.63) is 137 Å². The van der Waals surface area contributed by atoms with Gasteiger partial charge in [0.15, 0.2) is 0 Å². The molecule has 1 aliphatic rings. The lowest BCUT2D eigenvalue weighted by Gasteiger charge is -2.30. The number of aryl methyl sites for hydroxylation is 2. The summed E-state index contributed by atoms with van der Waals surface area (Å²) in [7, 11) is -3.86. The number of amidine groups is 1. The molecule has 9 nitrogen and oxygen atoms in total. The summed E-state index contributed by atoms with van der Waals surface area (Å²) in [6, 6.07) is 32.0. The molecule has 0 spiro atoms. The number of esters is 1. The summed E-state index contributed by atoms with van der Waals surface area (Å²) in [6.07, 6.45) is 1.92. The van der Waals surface area contributed by atoms with E-state index < -0.39 is 16.0 Å². The number of amides is 1. The maximum atomic E-state index is 13.5. The molecule has 6 rings (SSSR count). The van der Waals surface area contributed by atoms with Gasteiger partial charge in [-0.25, -0.2) is 13.2 Å². The summed E-state index contributed by atoms with van der Waals surface area (Å²) < 4.78 is 34.9. The number of carbonyl (C=O) groups excluding carboxylic acids is 2. The first kappa shape index (κ1) is 31.5. The van der Waals surface area contributed by atoms with Crippen LogP contribution in [0, 0.1) is 5.41 Å². The molecular formula is C37H34N4O5S. The summed E-state index contributed by atoms with van der Waals surface area (Å²) in [5, 5.41) is 9.56. The van der Waals surface area contributed by atoms with Crippen molar-refractivity contribution in [2.45, 2.75) is 37.2 Å². The minimum absolute atomic E-state index is 0.101. The Bertz CT molecular complexity index is 2090. The number of benzene rings is 5. The smallest absolute Gasteiger partial charge is 0.338 e. The Morgan fingerprint density at radius 2 is 1.66 bits per heavy atom. The van der Waals surface area contributed by atoms with E-state index in [-0.39, 0.29) is 35.2 Å². The second-order valence-corrected chi connectivity index (χ2v) is 13.1. The standard InChI is InChI=1S/C37H34N4O5S/c38-36(39)32-23-29(37(43)46-24-25-8-2-1-3-9-25)16-15-27(32)17-20-35(42)41-21-7-12-28-22-30(18-19-33(28)41)40-47(44,45)34-14-6-11-26-10-4-5-13-31(26)34/h1-6,8-11,13-16,18-19,22-23,40H,7,12,17,20-21,24H2,(H3,38,39). The number of fused-ring (bicyclic) bond motifs is 2. The third kappa shape index (κ3) is 7.02. The highest BCUT2D eigenvalue weighted by molar-refractivity contribution is 7.93. The van der Waals surface area contributed by atoms with Crippen LogP contribution in [0.5, 0.6) is 0 Å². The van der Waals surface area contributed by atoms with Gasteiger partial charge in [0.1, 0.15) is 12.4 Å². The van der Waals surface area contributed by atoms with Crippen molar-refractivity contribution in [1.82, 2.24) is 0 Å². The first-order valence-corrected chi connectivity index (χ1v) is 16.8. The molecule has 0 aliphatic carbocycles. The minimum atomic E-state index is -3.86. The number of sulfonamides is 1. The van der Waals surface area contributed by atoms with Crippen molar-refractivity contribution in [3.8, 4) is 0 Å². The van der Waals surface area contributed by atoms with Crippen LogP contribution in [0.3, 0.4) is 0 Å². The Balaban J connectivity index is 1.13. The number of nitrogen functional groups attached to an aromatic ring is 1. The molecule has 0 saturated carbocycles. The van der Waals surface area contributed by atoms with Crippen molar-refractivity contribution in [2.75, 3.05) is 16.2 Å². The van der Waals surface area contributed by atoms with Crippen LogP contribution in [0.1, 0.15) is 45.5 Å². The number of ether oxygens (including phenoxy) is 1. The Morgan fingerprint density at radius 1 is 0.894 bits per heavy atom. The predicted molar refractivity (Wildman–Crippen MR) is 183 cm³/mol. The molecule has 10 heteroatoms. The highest BCUT2D eigenvalue weighted by Gasteiger charge is 2.25. The van der Waals surface area contributed by atoms with Crippen molar-refractivity contribution >= 4 is 49.9 Å². The van der Waals surface area contributed by atoms with E-state index in [1.54, 1.807) is 53.4 Å². The summed E-state index contributed by atoms with van der Waals surface area (Å²) in [4.78, 5) is 28.1. The average molecular weight is 647 g/mol. The van der Waals surface area contributed by atoms with Crippen molar-refractivity contribution in [3.63, 3.8) is 0 Å². The van der Waals surface area contributed by atoms with Gasteiger partial charge in [-0.15, -0.1) is 0 Å². The summed E-state index contributed by atoms with van der Waals surface area (Å²) in [5.41, 5.74) is 10.1. The van der Waals surface area contributed by atoms with E-state index in [4.69, 9.17) is 15.9 Å². The summed E-state index contributed by atoms with van der Waals surface area (Å²) in [6.45, 7) is 0.666. The van der Waals surface area contributed by atoms with Crippen LogP contribution in [0.4, 0.5) is 11.4 Å². The monoisotopic (exact) mass is 646 g/mol. The van der Waals surface area contributed by atoms with Gasteiger partial charge >= 0.3 is 5.97 Å². The molecule has 1 amide bonds. The number of anilines is 2. The zero-order valence-electron chi connectivity index (χ0n) is 25.6. The van der Waals surface area contributed by atoms with Gasteiger partial charge in [0.25, 0.3) is 10.0 Å². The van der Waals surface area contributed by atoms with Crippen LogP contribution in [0.15, 0.2) is 114 Å². The van der Waals surface area contributed by atoms with E-state index in [2.05, 4.69) is 4.72 Å². The quantitative estimate of drug-likeness (QED) is 0.0938. The lowest BCUT2D eigenvalue weighted by Crippen LogP contribution is -2.35.